The number of rotatable bonds is 5. The van der Waals surface area contributed by atoms with Gasteiger partial charge in [-0.15, -0.1) is 0 Å². The molecule has 0 unspecified atom stereocenters. The summed E-state index contributed by atoms with van der Waals surface area (Å²) in [5, 5.41) is 23.3. The van der Waals surface area contributed by atoms with Crippen LogP contribution in [0.3, 0.4) is 0 Å². The molecule has 2 fully saturated rings. The van der Waals surface area contributed by atoms with Gasteiger partial charge in [-0.1, -0.05) is 18.2 Å². The molecule has 3 aromatic rings. The van der Waals surface area contributed by atoms with Gasteiger partial charge in [0.1, 0.15) is 5.58 Å². The Morgan fingerprint density at radius 1 is 1.19 bits per heavy atom. The van der Waals surface area contributed by atoms with E-state index in [0.717, 1.165) is 24.0 Å². The molecule has 188 valence electrons. The molecule has 0 bridgehead atoms. The Bertz CT molecular complexity index is 1380. The van der Waals surface area contributed by atoms with Crippen LogP contribution in [0, 0.1) is 19.3 Å². The van der Waals surface area contributed by atoms with Crippen LogP contribution in [0.4, 0.5) is 11.6 Å². The van der Waals surface area contributed by atoms with Gasteiger partial charge >= 0.3 is 13.1 Å². The van der Waals surface area contributed by atoms with Gasteiger partial charge in [-0.2, -0.15) is 0 Å². The van der Waals surface area contributed by atoms with E-state index in [4.69, 9.17) is 9.07 Å². The maximum Gasteiger partial charge on any atom is 0.454 e. The van der Waals surface area contributed by atoms with Crippen molar-refractivity contribution in [3.8, 4) is 0 Å². The quantitative estimate of drug-likeness (QED) is 0.452. The summed E-state index contributed by atoms with van der Waals surface area (Å²) in [5.41, 5.74) is 3.43. The molecule has 2 aliphatic rings. The van der Waals surface area contributed by atoms with Crippen LogP contribution >= 0.6 is 0 Å². The van der Waals surface area contributed by atoms with Crippen LogP contribution in [0.25, 0.3) is 11.0 Å². The lowest BCUT2D eigenvalue weighted by Gasteiger charge is -2.39. The number of aromatic carboxylic acids is 1. The van der Waals surface area contributed by atoms with Gasteiger partial charge in [-0.05, 0) is 69.1 Å². The molecule has 1 aromatic heterocycles. The molecule has 9 heteroatoms. The summed E-state index contributed by atoms with van der Waals surface area (Å²) in [7, 11) is -0.692. The maximum absolute atomic E-state index is 13.5. The number of hydrogen-bond donors (Lipinski definition) is 3. The number of nitrogens with zero attached hydrogens (tertiary/aromatic N) is 1. The predicted octanol–water partition coefficient (Wildman–Crippen LogP) is 4.38. The highest BCUT2D eigenvalue weighted by atomic mass is 16.5. The van der Waals surface area contributed by atoms with E-state index in [1.807, 2.05) is 26.0 Å². The molecule has 36 heavy (non-hydrogen) atoms. The van der Waals surface area contributed by atoms with Crippen molar-refractivity contribution in [3.63, 3.8) is 0 Å². The van der Waals surface area contributed by atoms with Crippen LogP contribution in [-0.2, 0) is 4.65 Å². The zero-order valence-electron chi connectivity index (χ0n) is 20.8. The van der Waals surface area contributed by atoms with Crippen molar-refractivity contribution in [1.29, 1.82) is 0 Å². The summed E-state index contributed by atoms with van der Waals surface area (Å²) in [6.07, 6.45) is 2.36. The molecule has 0 aliphatic carbocycles. The number of para-hydroxylation sites is 1. The van der Waals surface area contributed by atoms with Gasteiger partial charge in [-0.25, -0.2) is 4.79 Å². The molecule has 1 atom stereocenters. The van der Waals surface area contributed by atoms with Gasteiger partial charge in [0, 0.05) is 30.9 Å². The molecule has 8 nitrogen and oxygen atoms in total. The third-order valence-corrected chi connectivity index (χ3v) is 7.66. The first kappa shape index (κ1) is 24.4. The number of carboxylic acid groups (broad SMARTS) is 1. The van der Waals surface area contributed by atoms with Crippen LogP contribution < -0.4 is 15.6 Å². The summed E-state index contributed by atoms with van der Waals surface area (Å²) < 4.78 is 11.9. The van der Waals surface area contributed by atoms with E-state index in [2.05, 4.69) is 10.2 Å². The summed E-state index contributed by atoms with van der Waals surface area (Å²) in [6.45, 7) is 7.67. The molecule has 3 heterocycles. The molecular formula is C27H31BN2O6. The first-order chi connectivity index (χ1) is 17.2. The second-order valence-electron chi connectivity index (χ2n) is 10.3. The van der Waals surface area contributed by atoms with Crippen LogP contribution in [0.1, 0.15) is 52.9 Å². The monoisotopic (exact) mass is 490 g/mol. The van der Waals surface area contributed by atoms with Gasteiger partial charge in [0.15, 0.2) is 5.43 Å². The highest BCUT2D eigenvalue weighted by molar-refractivity contribution is 6.43. The Balaban J connectivity index is 1.51. The minimum atomic E-state index is -1.01. The number of hydrogen-bond acceptors (Lipinski definition) is 7. The van der Waals surface area contributed by atoms with E-state index in [1.54, 1.807) is 31.2 Å². The smallest absolute Gasteiger partial charge is 0.454 e. The van der Waals surface area contributed by atoms with Crippen LogP contribution in [0.15, 0.2) is 45.6 Å². The molecule has 0 amide bonds. The fourth-order valence-electron chi connectivity index (χ4n) is 5.58. The van der Waals surface area contributed by atoms with Crippen LogP contribution in [0.5, 0.6) is 0 Å². The van der Waals surface area contributed by atoms with Crippen LogP contribution in [0.2, 0.25) is 6.32 Å². The summed E-state index contributed by atoms with van der Waals surface area (Å²) in [6, 6.07) is 10.3. The topological polar surface area (TPSA) is 112 Å². The predicted molar refractivity (Wildman–Crippen MR) is 140 cm³/mol. The van der Waals surface area contributed by atoms with Crippen molar-refractivity contribution in [3.05, 3.63) is 68.9 Å². The minimum Gasteiger partial charge on any atom is -0.478 e. The van der Waals surface area contributed by atoms with Gasteiger partial charge in [0.25, 0.3) is 0 Å². The van der Waals surface area contributed by atoms with E-state index in [-0.39, 0.29) is 22.4 Å². The van der Waals surface area contributed by atoms with Crippen molar-refractivity contribution in [2.45, 2.75) is 46.0 Å². The van der Waals surface area contributed by atoms with Gasteiger partial charge in [0.05, 0.1) is 22.6 Å². The van der Waals surface area contributed by atoms with E-state index in [1.165, 1.54) is 0 Å². The first-order valence-corrected chi connectivity index (χ1v) is 12.4. The highest BCUT2D eigenvalue weighted by Gasteiger charge is 2.44. The molecule has 0 saturated carbocycles. The SMILES string of the molecule is Cc1cc([C@@H](C)Nc2ccccc2C(=O)O)c2oc(N3CCC4(CC3)COB(O)C4)c(C)c(=O)c2c1. The Morgan fingerprint density at radius 2 is 1.92 bits per heavy atom. The average Bonchev–Trinajstić information content (AvgIpc) is 3.21. The number of piperidine rings is 1. The van der Waals surface area contributed by atoms with Crippen molar-refractivity contribution < 1.29 is 24.0 Å². The summed E-state index contributed by atoms with van der Waals surface area (Å²) in [4.78, 5) is 27.3. The fourth-order valence-corrected chi connectivity index (χ4v) is 5.58. The third-order valence-electron chi connectivity index (χ3n) is 7.66. The molecule has 5 rings (SSSR count). The number of benzene rings is 2. The van der Waals surface area contributed by atoms with Crippen molar-refractivity contribution in [1.82, 2.24) is 0 Å². The molecule has 0 radical (unpaired) electrons. The lowest BCUT2D eigenvalue weighted by atomic mass is 9.67. The number of fused-ring (bicyclic) bond motifs is 1. The van der Waals surface area contributed by atoms with E-state index < -0.39 is 13.1 Å². The van der Waals surface area contributed by atoms with Gasteiger partial charge in [-0.3, -0.25) is 4.79 Å². The number of carbonyl (C=O) groups is 1. The van der Waals surface area contributed by atoms with Gasteiger partial charge < -0.3 is 29.4 Å². The molecule has 3 N–H and O–H groups in total. The largest absolute Gasteiger partial charge is 0.478 e. The average molecular weight is 490 g/mol. The molecular weight excluding hydrogens is 459 g/mol. The fraction of sp³-hybridized carbons (Fsp3) is 0.407. The number of nitrogens with one attached hydrogen (secondary N) is 1. The van der Waals surface area contributed by atoms with Crippen LogP contribution in [-0.4, -0.2) is 42.9 Å². The lowest BCUT2D eigenvalue weighted by Crippen LogP contribution is -2.41. The number of anilines is 2. The Labute approximate surface area is 210 Å². The standard InChI is InChI=1S/C27H31BN2O6/c1-16-12-20(18(3)29-22-7-5-4-6-19(22)26(32)33)24-21(13-16)23(31)17(2)25(36-24)30-10-8-27(9-11-30)14-28(34)35-15-27/h4-7,12-13,18,29,34H,8-11,14-15H2,1-3H3,(H,32,33)/t18-/m1/s1. The minimum absolute atomic E-state index is 0.0147. The third kappa shape index (κ3) is 4.37. The van der Waals surface area contributed by atoms with Crippen molar-refractivity contribution in [2.75, 3.05) is 29.9 Å². The zero-order valence-corrected chi connectivity index (χ0v) is 20.8. The normalized spacial score (nSPS) is 18.1. The lowest BCUT2D eigenvalue weighted by molar-refractivity contribution is 0.0698. The van der Waals surface area contributed by atoms with E-state index in [9.17, 15) is 19.7 Å². The van der Waals surface area contributed by atoms with E-state index >= 15 is 0 Å². The second kappa shape index (κ2) is 9.30. The van der Waals surface area contributed by atoms with Crippen molar-refractivity contribution >= 4 is 35.6 Å². The Hall–Kier alpha value is -3.30. The molecule has 1 spiro atoms. The summed E-state index contributed by atoms with van der Waals surface area (Å²) in [5.74, 6) is -0.433. The first-order valence-electron chi connectivity index (χ1n) is 12.4. The number of aryl methyl sites for hydroxylation is 1. The maximum atomic E-state index is 13.5. The number of carboxylic acids is 1. The Morgan fingerprint density at radius 3 is 2.58 bits per heavy atom. The molecule has 2 aliphatic heterocycles. The Kier molecular flexibility index (Phi) is 6.30. The van der Waals surface area contributed by atoms with Crippen molar-refractivity contribution in [2.24, 2.45) is 5.41 Å². The van der Waals surface area contributed by atoms with Gasteiger partial charge in [0.2, 0.25) is 5.88 Å². The molecule has 2 saturated heterocycles. The van der Waals surface area contributed by atoms with E-state index in [0.29, 0.717) is 54.1 Å². The second-order valence-corrected chi connectivity index (χ2v) is 10.3. The molecule has 2 aromatic carbocycles. The zero-order chi connectivity index (χ0) is 25.6. The highest BCUT2D eigenvalue weighted by Crippen LogP contribution is 2.42. The summed E-state index contributed by atoms with van der Waals surface area (Å²) >= 11 is 0.